The molecule has 0 radical (unpaired) electrons. The van der Waals surface area contributed by atoms with Gasteiger partial charge in [-0.15, -0.1) is 0 Å². The average molecular weight is 362 g/mol. The van der Waals surface area contributed by atoms with Crippen molar-refractivity contribution in [2.24, 2.45) is 11.8 Å². The molecular weight excluding hydrogens is 335 g/mol. The Hall–Kier alpha value is -1.95. The molecule has 3 rings (SSSR count). The Balaban J connectivity index is 1.39. The van der Waals surface area contributed by atoms with Crippen LogP contribution < -0.4 is 5.32 Å². The van der Waals surface area contributed by atoms with Crippen molar-refractivity contribution >= 4 is 11.8 Å². The van der Waals surface area contributed by atoms with Gasteiger partial charge in [0, 0.05) is 31.5 Å². The van der Waals surface area contributed by atoms with Gasteiger partial charge in [0.05, 0.1) is 13.2 Å². The van der Waals surface area contributed by atoms with Crippen molar-refractivity contribution in [3.05, 3.63) is 35.6 Å². The molecule has 1 saturated heterocycles. The Labute approximate surface area is 153 Å². The fourth-order valence-corrected chi connectivity index (χ4v) is 3.81. The fourth-order valence-electron chi connectivity index (χ4n) is 3.81. The first-order valence-electron chi connectivity index (χ1n) is 9.53. The van der Waals surface area contributed by atoms with Gasteiger partial charge < -0.3 is 15.0 Å². The standard InChI is InChI=1S/C20H27FN2O3/c21-18-4-2-1-3-15(18)9-10-22-19(24)16-5-7-17(8-6-16)20(25)23-11-13-26-14-12-23/h1-4,16-17H,5-14H2,(H,22,24). The molecule has 0 atom stereocenters. The number of hydrogen-bond acceptors (Lipinski definition) is 3. The van der Waals surface area contributed by atoms with Crippen LogP contribution >= 0.6 is 0 Å². The summed E-state index contributed by atoms with van der Waals surface area (Å²) in [5, 5.41) is 2.92. The van der Waals surface area contributed by atoms with Crippen LogP contribution in [0.15, 0.2) is 24.3 Å². The highest BCUT2D eigenvalue weighted by Crippen LogP contribution is 2.30. The molecule has 1 aromatic carbocycles. The van der Waals surface area contributed by atoms with Gasteiger partial charge in [-0.25, -0.2) is 4.39 Å². The normalized spacial score (nSPS) is 23.5. The van der Waals surface area contributed by atoms with Crippen molar-refractivity contribution in [1.29, 1.82) is 0 Å². The van der Waals surface area contributed by atoms with E-state index < -0.39 is 0 Å². The second-order valence-corrected chi connectivity index (χ2v) is 7.12. The molecule has 1 aliphatic heterocycles. The van der Waals surface area contributed by atoms with Gasteiger partial charge in [0.25, 0.3) is 0 Å². The Morgan fingerprint density at radius 3 is 2.42 bits per heavy atom. The molecular formula is C20H27FN2O3. The first-order valence-corrected chi connectivity index (χ1v) is 9.53. The number of halogens is 1. The maximum atomic E-state index is 13.6. The molecule has 0 unspecified atom stereocenters. The van der Waals surface area contributed by atoms with Gasteiger partial charge in [0.1, 0.15) is 5.82 Å². The summed E-state index contributed by atoms with van der Waals surface area (Å²) in [6.45, 7) is 3.02. The molecule has 2 fully saturated rings. The minimum Gasteiger partial charge on any atom is -0.378 e. The summed E-state index contributed by atoms with van der Waals surface area (Å²) >= 11 is 0. The average Bonchev–Trinajstić information content (AvgIpc) is 2.69. The number of hydrogen-bond donors (Lipinski definition) is 1. The summed E-state index contributed by atoms with van der Waals surface area (Å²) < 4.78 is 18.9. The largest absolute Gasteiger partial charge is 0.378 e. The summed E-state index contributed by atoms with van der Waals surface area (Å²) in [6.07, 6.45) is 3.50. The second-order valence-electron chi connectivity index (χ2n) is 7.12. The molecule has 2 amide bonds. The Morgan fingerprint density at radius 1 is 1.08 bits per heavy atom. The number of ether oxygens (including phenoxy) is 1. The molecule has 1 heterocycles. The van der Waals surface area contributed by atoms with E-state index in [4.69, 9.17) is 4.74 Å². The van der Waals surface area contributed by atoms with Gasteiger partial charge in [-0.2, -0.15) is 0 Å². The molecule has 0 aromatic heterocycles. The predicted molar refractivity (Wildman–Crippen MR) is 96.0 cm³/mol. The zero-order chi connectivity index (χ0) is 18.4. The number of morpholine rings is 1. The van der Waals surface area contributed by atoms with E-state index in [0.29, 0.717) is 44.8 Å². The summed E-state index contributed by atoms with van der Waals surface area (Å²) in [5.41, 5.74) is 0.618. The Bertz CT molecular complexity index is 623. The van der Waals surface area contributed by atoms with Gasteiger partial charge in [0.2, 0.25) is 11.8 Å². The number of amides is 2. The van der Waals surface area contributed by atoms with Crippen molar-refractivity contribution in [2.45, 2.75) is 32.1 Å². The summed E-state index contributed by atoms with van der Waals surface area (Å²) in [6, 6.07) is 6.63. The molecule has 1 aromatic rings. The Kier molecular flexibility index (Phi) is 6.61. The van der Waals surface area contributed by atoms with E-state index in [0.717, 1.165) is 25.7 Å². The fraction of sp³-hybridized carbons (Fsp3) is 0.600. The number of carbonyl (C=O) groups is 2. The third-order valence-electron chi connectivity index (χ3n) is 5.42. The van der Waals surface area contributed by atoms with E-state index in [9.17, 15) is 14.0 Å². The predicted octanol–water partition coefficient (Wildman–Crippen LogP) is 2.15. The van der Waals surface area contributed by atoms with Crippen molar-refractivity contribution in [1.82, 2.24) is 10.2 Å². The highest BCUT2D eigenvalue weighted by Gasteiger charge is 2.32. The van der Waals surface area contributed by atoms with Crippen LogP contribution in [0.25, 0.3) is 0 Å². The number of carbonyl (C=O) groups excluding carboxylic acids is 2. The molecule has 142 valence electrons. The Morgan fingerprint density at radius 2 is 1.73 bits per heavy atom. The molecule has 1 saturated carbocycles. The summed E-state index contributed by atoms with van der Waals surface area (Å²) in [5.74, 6) is 0.00845. The van der Waals surface area contributed by atoms with Crippen molar-refractivity contribution in [3.8, 4) is 0 Å². The third kappa shape index (κ3) is 4.81. The first kappa shape index (κ1) is 18.8. The van der Waals surface area contributed by atoms with Crippen LogP contribution in [0.3, 0.4) is 0 Å². The number of rotatable bonds is 5. The van der Waals surface area contributed by atoms with E-state index >= 15 is 0 Å². The number of nitrogens with zero attached hydrogens (tertiary/aromatic N) is 1. The topological polar surface area (TPSA) is 58.6 Å². The number of nitrogens with one attached hydrogen (secondary N) is 1. The highest BCUT2D eigenvalue weighted by molar-refractivity contribution is 5.81. The van der Waals surface area contributed by atoms with Gasteiger partial charge in [0.15, 0.2) is 0 Å². The second kappa shape index (κ2) is 9.12. The minimum atomic E-state index is -0.233. The van der Waals surface area contributed by atoms with Gasteiger partial charge in [-0.1, -0.05) is 18.2 Å². The van der Waals surface area contributed by atoms with Crippen LogP contribution in [-0.2, 0) is 20.7 Å². The van der Waals surface area contributed by atoms with Crippen LogP contribution in [0.1, 0.15) is 31.2 Å². The zero-order valence-electron chi connectivity index (χ0n) is 15.1. The molecule has 2 aliphatic rings. The lowest BCUT2D eigenvalue weighted by Crippen LogP contribution is -2.45. The maximum absolute atomic E-state index is 13.6. The SMILES string of the molecule is O=C(NCCc1ccccc1F)C1CCC(C(=O)N2CCOCC2)CC1. The van der Waals surface area contributed by atoms with Gasteiger partial charge in [-0.05, 0) is 43.7 Å². The summed E-state index contributed by atoms with van der Waals surface area (Å²) in [7, 11) is 0. The molecule has 1 aliphatic carbocycles. The van der Waals surface area contributed by atoms with Crippen LogP contribution in [0, 0.1) is 17.7 Å². The van der Waals surface area contributed by atoms with Crippen LogP contribution in [0.5, 0.6) is 0 Å². The molecule has 1 N–H and O–H groups in total. The van der Waals surface area contributed by atoms with E-state index in [1.54, 1.807) is 18.2 Å². The van der Waals surface area contributed by atoms with Crippen molar-refractivity contribution in [3.63, 3.8) is 0 Å². The monoisotopic (exact) mass is 362 g/mol. The minimum absolute atomic E-state index is 0.0265. The van der Waals surface area contributed by atoms with Crippen molar-refractivity contribution in [2.75, 3.05) is 32.8 Å². The lowest BCUT2D eigenvalue weighted by atomic mass is 9.81. The van der Waals surface area contributed by atoms with Crippen LogP contribution in [0.2, 0.25) is 0 Å². The third-order valence-corrected chi connectivity index (χ3v) is 5.42. The van der Waals surface area contributed by atoms with E-state index in [1.807, 2.05) is 4.90 Å². The van der Waals surface area contributed by atoms with Gasteiger partial charge in [-0.3, -0.25) is 9.59 Å². The van der Waals surface area contributed by atoms with E-state index in [1.165, 1.54) is 6.07 Å². The molecule has 26 heavy (non-hydrogen) atoms. The quantitative estimate of drug-likeness (QED) is 0.873. The van der Waals surface area contributed by atoms with Crippen molar-refractivity contribution < 1.29 is 18.7 Å². The van der Waals surface area contributed by atoms with E-state index in [2.05, 4.69) is 5.32 Å². The maximum Gasteiger partial charge on any atom is 0.225 e. The first-order chi connectivity index (χ1) is 12.6. The molecule has 5 nitrogen and oxygen atoms in total. The smallest absolute Gasteiger partial charge is 0.225 e. The highest BCUT2D eigenvalue weighted by atomic mass is 19.1. The molecule has 0 spiro atoms. The lowest BCUT2D eigenvalue weighted by molar-refractivity contribution is -0.142. The van der Waals surface area contributed by atoms with Gasteiger partial charge >= 0.3 is 0 Å². The summed E-state index contributed by atoms with van der Waals surface area (Å²) in [4.78, 5) is 26.8. The zero-order valence-corrected chi connectivity index (χ0v) is 15.1. The van der Waals surface area contributed by atoms with Crippen LogP contribution in [0.4, 0.5) is 4.39 Å². The molecule has 6 heteroatoms. The van der Waals surface area contributed by atoms with Crippen LogP contribution in [-0.4, -0.2) is 49.6 Å². The molecule has 0 bridgehead atoms. The lowest BCUT2D eigenvalue weighted by Gasteiger charge is -2.33. The number of benzene rings is 1. The van der Waals surface area contributed by atoms with E-state index in [-0.39, 0.29) is 29.5 Å².